The predicted molar refractivity (Wildman–Crippen MR) is 69.0 cm³/mol. The zero-order chi connectivity index (χ0) is 12.4. The molecule has 0 spiro atoms. The van der Waals surface area contributed by atoms with Crippen molar-refractivity contribution in [3.05, 3.63) is 0 Å². The van der Waals surface area contributed by atoms with Crippen LogP contribution in [0.5, 0.6) is 0 Å². The van der Waals surface area contributed by atoms with E-state index in [4.69, 9.17) is 4.74 Å². The molecule has 1 heterocycles. The van der Waals surface area contributed by atoms with Crippen molar-refractivity contribution in [3.63, 3.8) is 0 Å². The van der Waals surface area contributed by atoms with Crippen molar-refractivity contribution in [2.75, 3.05) is 20.2 Å². The van der Waals surface area contributed by atoms with E-state index in [9.17, 15) is 5.11 Å². The molecule has 1 saturated heterocycles. The molecule has 4 atom stereocenters. The molecule has 3 heteroatoms. The van der Waals surface area contributed by atoms with Crippen molar-refractivity contribution in [1.29, 1.82) is 0 Å². The molecule has 1 N–H and O–H groups in total. The maximum Gasteiger partial charge on any atom is 0.0710 e. The van der Waals surface area contributed by atoms with Crippen LogP contribution in [-0.2, 0) is 4.74 Å². The summed E-state index contributed by atoms with van der Waals surface area (Å²) in [6, 6.07) is 0.372. The second-order valence-electron chi connectivity index (χ2n) is 6.09. The topological polar surface area (TPSA) is 32.7 Å². The van der Waals surface area contributed by atoms with Gasteiger partial charge in [-0.25, -0.2) is 0 Å². The van der Waals surface area contributed by atoms with E-state index in [1.807, 2.05) is 0 Å². The Kier molecular flexibility index (Phi) is 4.45. The fraction of sp³-hybridized carbons (Fsp3) is 1.00. The van der Waals surface area contributed by atoms with Crippen LogP contribution < -0.4 is 0 Å². The van der Waals surface area contributed by atoms with Crippen molar-refractivity contribution < 1.29 is 9.84 Å². The third kappa shape index (κ3) is 3.01. The number of aliphatic hydroxyl groups is 1. The number of aliphatic hydroxyl groups excluding tert-OH is 1. The largest absolute Gasteiger partial charge is 0.391 e. The summed E-state index contributed by atoms with van der Waals surface area (Å²) in [6.07, 6.45) is 4.70. The zero-order valence-electron chi connectivity index (χ0n) is 11.4. The Bertz CT molecular complexity index is 244. The Hall–Kier alpha value is -0.120. The molecule has 1 aliphatic carbocycles. The van der Waals surface area contributed by atoms with E-state index < -0.39 is 0 Å². The van der Waals surface area contributed by atoms with Gasteiger partial charge in [0.25, 0.3) is 0 Å². The summed E-state index contributed by atoms with van der Waals surface area (Å²) < 4.78 is 5.42. The van der Waals surface area contributed by atoms with Crippen LogP contribution in [0.15, 0.2) is 0 Å². The first-order valence-electron chi connectivity index (χ1n) is 7.06. The quantitative estimate of drug-likeness (QED) is 0.819. The summed E-state index contributed by atoms with van der Waals surface area (Å²) in [5.41, 5.74) is 0. The smallest absolute Gasteiger partial charge is 0.0710 e. The first-order chi connectivity index (χ1) is 8.11. The van der Waals surface area contributed by atoms with Gasteiger partial charge in [-0.1, -0.05) is 13.8 Å². The lowest BCUT2D eigenvalue weighted by Gasteiger charge is -2.40. The third-order valence-corrected chi connectivity index (χ3v) is 4.74. The van der Waals surface area contributed by atoms with E-state index in [-0.39, 0.29) is 6.10 Å². The highest BCUT2D eigenvalue weighted by atomic mass is 16.5. The lowest BCUT2D eigenvalue weighted by molar-refractivity contribution is -0.00179. The van der Waals surface area contributed by atoms with E-state index in [2.05, 4.69) is 18.7 Å². The summed E-state index contributed by atoms with van der Waals surface area (Å²) in [6.45, 7) is 6.71. The molecule has 4 unspecified atom stereocenters. The molecular weight excluding hydrogens is 214 g/mol. The molecule has 2 fully saturated rings. The maximum atomic E-state index is 10.2. The molecule has 3 nitrogen and oxygen atoms in total. The molecule has 0 aromatic rings. The number of nitrogens with zero attached hydrogens (tertiary/aromatic N) is 1. The monoisotopic (exact) mass is 241 g/mol. The summed E-state index contributed by atoms with van der Waals surface area (Å²) in [4.78, 5) is 2.45. The van der Waals surface area contributed by atoms with E-state index in [0.717, 1.165) is 44.2 Å². The van der Waals surface area contributed by atoms with Crippen molar-refractivity contribution in [1.82, 2.24) is 4.90 Å². The van der Waals surface area contributed by atoms with Crippen LogP contribution in [-0.4, -0.2) is 48.5 Å². The van der Waals surface area contributed by atoms with E-state index in [1.165, 1.54) is 6.42 Å². The average Bonchev–Trinajstić information content (AvgIpc) is 2.77. The number of methoxy groups -OCH3 is 1. The zero-order valence-corrected chi connectivity index (χ0v) is 11.4. The average molecular weight is 241 g/mol. The molecule has 2 rings (SSSR count). The molecule has 1 aliphatic heterocycles. The van der Waals surface area contributed by atoms with Crippen molar-refractivity contribution in [3.8, 4) is 0 Å². The lowest BCUT2D eigenvalue weighted by atomic mass is 9.77. The highest BCUT2D eigenvalue weighted by molar-refractivity contribution is 4.91. The van der Waals surface area contributed by atoms with Crippen LogP contribution in [0, 0.1) is 11.8 Å². The van der Waals surface area contributed by atoms with Gasteiger partial charge in [-0.15, -0.1) is 0 Å². The van der Waals surface area contributed by atoms with Crippen LogP contribution in [0.1, 0.15) is 39.5 Å². The Balaban J connectivity index is 1.94. The maximum absolute atomic E-state index is 10.2. The molecule has 1 saturated carbocycles. The van der Waals surface area contributed by atoms with Gasteiger partial charge in [0.1, 0.15) is 0 Å². The molecule has 0 radical (unpaired) electrons. The number of ether oxygens (including phenoxy) is 1. The van der Waals surface area contributed by atoms with Crippen molar-refractivity contribution in [2.45, 2.75) is 57.8 Å². The van der Waals surface area contributed by atoms with E-state index in [1.54, 1.807) is 7.11 Å². The van der Waals surface area contributed by atoms with Gasteiger partial charge >= 0.3 is 0 Å². The standard InChI is InChI=1S/C14H27NO2/c1-10(2)11-4-5-14(16)13(8-11)15-7-6-12(9-15)17-3/h10-14,16H,4-9H2,1-3H3. The first-order valence-corrected chi connectivity index (χ1v) is 7.06. The van der Waals surface area contributed by atoms with Crippen LogP contribution >= 0.6 is 0 Å². The van der Waals surface area contributed by atoms with Crippen molar-refractivity contribution >= 4 is 0 Å². The van der Waals surface area contributed by atoms with Crippen LogP contribution in [0.4, 0.5) is 0 Å². The summed E-state index contributed by atoms with van der Waals surface area (Å²) in [5, 5.41) is 10.2. The van der Waals surface area contributed by atoms with Gasteiger partial charge in [0.2, 0.25) is 0 Å². The molecule has 0 aromatic heterocycles. The van der Waals surface area contributed by atoms with Gasteiger partial charge in [-0.05, 0) is 37.5 Å². The molecular formula is C14H27NO2. The second kappa shape index (κ2) is 5.68. The number of likely N-dealkylation sites (tertiary alicyclic amines) is 1. The van der Waals surface area contributed by atoms with Gasteiger partial charge < -0.3 is 9.84 Å². The SMILES string of the molecule is COC1CCN(C2CC(C(C)C)CCC2O)C1. The minimum absolute atomic E-state index is 0.124. The summed E-state index contributed by atoms with van der Waals surface area (Å²) in [5.74, 6) is 1.52. The summed E-state index contributed by atoms with van der Waals surface area (Å²) >= 11 is 0. The van der Waals surface area contributed by atoms with E-state index in [0.29, 0.717) is 12.1 Å². The molecule has 2 aliphatic rings. The fourth-order valence-corrected chi connectivity index (χ4v) is 3.41. The molecule has 0 bridgehead atoms. The van der Waals surface area contributed by atoms with E-state index >= 15 is 0 Å². The highest BCUT2D eigenvalue weighted by Gasteiger charge is 2.37. The van der Waals surface area contributed by atoms with Gasteiger partial charge in [-0.3, -0.25) is 4.90 Å². The predicted octanol–water partition coefficient (Wildman–Crippen LogP) is 1.89. The molecule has 100 valence electrons. The first kappa shape index (κ1) is 13.3. The Morgan fingerprint density at radius 1 is 1.24 bits per heavy atom. The second-order valence-corrected chi connectivity index (χ2v) is 6.09. The Morgan fingerprint density at radius 3 is 2.59 bits per heavy atom. The molecule has 0 amide bonds. The molecule has 0 aromatic carbocycles. The van der Waals surface area contributed by atoms with Gasteiger partial charge in [0.05, 0.1) is 12.2 Å². The van der Waals surface area contributed by atoms with Crippen LogP contribution in [0.25, 0.3) is 0 Å². The fourth-order valence-electron chi connectivity index (χ4n) is 3.41. The Labute approximate surface area is 105 Å². The minimum Gasteiger partial charge on any atom is -0.391 e. The van der Waals surface area contributed by atoms with Gasteiger partial charge in [0, 0.05) is 26.2 Å². The van der Waals surface area contributed by atoms with Gasteiger partial charge in [0.15, 0.2) is 0 Å². The highest BCUT2D eigenvalue weighted by Crippen LogP contribution is 2.34. The van der Waals surface area contributed by atoms with Crippen LogP contribution in [0.2, 0.25) is 0 Å². The number of hydrogen-bond acceptors (Lipinski definition) is 3. The van der Waals surface area contributed by atoms with Gasteiger partial charge in [-0.2, -0.15) is 0 Å². The third-order valence-electron chi connectivity index (χ3n) is 4.74. The normalized spacial score (nSPS) is 40.1. The molecule has 17 heavy (non-hydrogen) atoms. The number of rotatable bonds is 3. The Morgan fingerprint density at radius 2 is 2.00 bits per heavy atom. The summed E-state index contributed by atoms with van der Waals surface area (Å²) in [7, 11) is 1.79. The number of hydrogen-bond donors (Lipinski definition) is 1. The van der Waals surface area contributed by atoms with Crippen molar-refractivity contribution in [2.24, 2.45) is 11.8 Å². The lowest BCUT2D eigenvalue weighted by Crippen LogP contribution is -2.47. The minimum atomic E-state index is -0.124. The van der Waals surface area contributed by atoms with Crippen LogP contribution in [0.3, 0.4) is 0 Å².